The van der Waals surface area contributed by atoms with E-state index in [1.165, 1.54) is 0 Å². The van der Waals surface area contributed by atoms with E-state index in [0.29, 0.717) is 0 Å². The molecule has 4 heteroatoms. The molecule has 0 fully saturated rings. The molecule has 0 saturated carbocycles. The molecule has 1 rings (SSSR count). The first-order chi connectivity index (χ1) is 6.91. The first-order valence-corrected chi connectivity index (χ1v) is 6.55. The van der Waals surface area contributed by atoms with Crippen LogP contribution in [0.1, 0.15) is 40.5 Å². The molecule has 3 atom stereocenters. The van der Waals surface area contributed by atoms with Crippen LogP contribution in [0.2, 0.25) is 0 Å². The van der Waals surface area contributed by atoms with Gasteiger partial charge in [-0.15, -0.1) is 0 Å². The molecule has 1 aliphatic heterocycles. The molecule has 88 valence electrons. The van der Waals surface area contributed by atoms with E-state index in [9.17, 15) is 4.21 Å². The standard InChI is InChI=1S/C11H21NO2S/c1-9(10-7-5-6-8-14-10)12-15(13)11(2,3)4/h6,8-10,12H,5,7H2,1-4H3/t9-,10+,15+/m1/s1. The second-order valence-corrected chi connectivity index (χ2v) is 6.91. The quantitative estimate of drug-likeness (QED) is 0.808. The normalized spacial score (nSPS) is 25.7. The molecule has 0 aliphatic carbocycles. The van der Waals surface area contributed by atoms with E-state index in [4.69, 9.17) is 4.74 Å². The molecule has 0 aromatic heterocycles. The van der Waals surface area contributed by atoms with Crippen LogP contribution in [0.3, 0.4) is 0 Å². The lowest BCUT2D eigenvalue weighted by molar-refractivity contribution is 0.0996. The maximum Gasteiger partial charge on any atom is 0.114 e. The van der Waals surface area contributed by atoms with Gasteiger partial charge in [-0.2, -0.15) is 0 Å². The van der Waals surface area contributed by atoms with E-state index in [2.05, 4.69) is 4.72 Å². The minimum Gasteiger partial charge on any atom is -0.497 e. The van der Waals surface area contributed by atoms with Crippen molar-refractivity contribution in [3.8, 4) is 0 Å². The summed E-state index contributed by atoms with van der Waals surface area (Å²) in [6.07, 6.45) is 5.93. The molecule has 0 amide bonds. The van der Waals surface area contributed by atoms with E-state index in [1.54, 1.807) is 6.26 Å². The van der Waals surface area contributed by atoms with Crippen molar-refractivity contribution in [1.82, 2.24) is 4.72 Å². The average Bonchev–Trinajstić information content (AvgIpc) is 2.17. The lowest BCUT2D eigenvalue weighted by Crippen LogP contribution is -2.44. The van der Waals surface area contributed by atoms with Gasteiger partial charge >= 0.3 is 0 Å². The van der Waals surface area contributed by atoms with Crippen molar-refractivity contribution in [1.29, 1.82) is 0 Å². The average molecular weight is 231 g/mol. The summed E-state index contributed by atoms with van der Waals surface area (Å²) in [7, 11) is -1.02. The Labute approximate surface area is 94.9 Å². The third-order valence-electron chi connectivity index (χ3n) is 2.37. The second-order valence-electron chi connectivity index (χ2n) is 4.91. The van der Waals surface area contributed by atoms with Gasteiger partial charge in [0.05, 0.1) is 28.0 Å². The molecule has 0 aromatic rings. The Morgan fingerprint density at radius 3 is 2.67 bits per heavy atom. The van der Waals surface area contributed by atoms with E-state index in [1.807, 2.05) is 33.8 Å². The predicted octanol–water partition coefficient (Wildman–Crippen LogP) is 2.12. The number of hydrogen-bond acceptors (Lipinski definition) is 2. The second kappa shape index (κ2) is 5.12. The molecule has 0 spiro atoms. The lowest BCUT2D eigenvalue weighted by atomic mass is 10.1. The van der Waals surface area contributed by atoms with Gasteiger partial charge < -0.3 is 4.74 Å². The van der Waals surface area contributed by atoms with E-state index >= 15 is 0 Å². The molecule has 0 bridgehead atoms. The number of allylic oxidation sites excluding steroid dienone is 1. The van der Waals surface area contributed by atoms with E-state index < -0.39 is 11.0 Å². The topological polar surface area (TPSA) is 38.3 Å². The highest BCUT2D eigenvalue weighted by atomic mass is 32.2. The number of hydrogen-bond donors (Lipinski definition) is 1. The summed E-state index contributed by atoms with van der Waals surface area (Å²) in [6.45, 7) is 7.91. The van der Waals surface area contributed by atoms with Crippen molar-refractivity contribution >= 4 is 11.0 Å². The van der Waals surface area contributed by atoms with Crippen LogP contribution in [0.25, 0.3) is 0 Å². The zero-order chi connectivity index (χ0) is 11.5. The fourth-order valence-electron chi connectivity index (χ4n) is 1.34. The fourth-order valence-corrected chi connectivity index (χ4v) is 2.19. The Morgan fingerprint density at radius 1 is 1.53 bits per heavy atom. The molecule has 0 radical (unpaired) electrons. The highest BCUT2D eigenvalue weighted by Gasteiger charge is 2.25. The van der Waals surface area contributed by atoms with Gasteiger partial charge in [-0.1, -0.05) is 0 Å². The highest BCUT2D eigenvalue weighted by Crippen LogP contribution is 2.16. The maximum atomic E-state index is 11.8. The van der Waals surface area contributed by atoms with Crippen molar-refractivity contribution in [2.45, 2.75) is 57.4 Å². The lowest BCUT2D eigenvalue weighted by Gasteiger charge is -2.28. The molecule has 1 aliphatic rings. The predicted molar refractivity (Wildman–Crippen MR) is 63.7 cm³/mol. The van der Waals surface area contributed by atoms with Crippen LogP contribution in [0.5, 0.6) is 0 Å². The molecule has 0 saturated heterocycles. The highest BCUT2D eigenvalue weighted by molar-refractivity contribution is 7.84. The Morgan fingerprint density at radius 2 is 2.20 bits per heavy atom. The fraction of sp³-hybridized carbons (Fsp3) is 0.818. The SMILES string of the molecule is C[C@@H](N[S@@](=O)C(C)(C)C)[C@@H]1CCC=CO1. The van der Waals surface area contributed by atoms with Crippen LogP contribution < -0.4 is 4.72 Å². The molecule has 0 aromatic carbocycles. The Balaban J connectivity index is 2.44. The summed E-state index contributed by atoms with van der Waals surface area (Å²) in [5.74, 6) is 0. The largest absolute Gasteiger partial charge is 0.497 e. The summed E-state index contributed by atoms with van der Waals surface area (Å²) in [4.78, 5) is 0. The maximum absolute atomic E-state index is 11.8. The van der Waals surface area contributed by atoms with Gasteiger partial charge in [0.15, 0.2) is 0 Å². The Hall–Kier alpha value is -0.350. The van der Waals surface area contributed by atoms with Gasteiger partial charge in [0.1, 0.15) is 6.10 Å². The molecule has 1 N–H and O–H groups in total. The van der Waals surface area contributed by atoms with Crippen molar-refractivity contribution < 1.29 is 8.95 Å². The van der Waals surface area contributed by atoms with Gasteiger partial charge in [0.25, 0.3) is 0 Å². The minimum atomic E-state index is -1.02. The Bertz CT molecular complexity index is 258. The number of nitrogens with one attached hydrogen (secondary N) is 1. The Kier molecular flexibility index (Phi) is 4.34. The van der Waals surface area contributed by atoms with Crippen molar-refractivity contribution in [3.63, 3.8) is 0 Å². The first kappa shape index (κ1) is 12.7. The van der Waals surface area contributed by atoms with Gasteiger partial charge in [-0.3, -0.25) is 0 Å². The molecule has 1 heterocycles. The monoisotopic (exact) mass is 231 g/mol. The van der Waals surface area contributed by atoms with Crippen LogP contribution in [0.4, 0.5) is 0 Å². The molecular formula is C11H21NO2S. The van der Waals surface area contributed by atoms with Crippen LogP contribution >= 0.6 is 0 Å². The third kappa shape index (κ3) is 3.95. The van der Waals surface area contributed by atoms with Gasteiger partial charge in [0.2, 0.25) is 0 Å². The summed E-state index contributed by atoms with van der Waals surface area (Å²) < 4.78 is 20.2. The molecule has 3 nitrogen and oxygen atoms in total. The summed E-state index contributed by atoms with van der Waals surface area (Å²) in [6, 6.07) is 0.120. The summed E-state index contributed by atoms with van der Waals surface area (Å²) >= 11 is 0. The van der Waals surface area contributed by atoms with E-state index in [0.717, 1.165) is 12.8 Å². The third-order valence-corrected chi connectivity index (χ3v) is 4.07. The molecule has 15 heavy (non-hydrogen) atoms. The first-order valence-electron chi connectivity index (χ1n) is 5.40. The summed E-state index contributed by atoms with van der Waals surface area (Å²) in [5, 5.41) is 0. The smallest absolute Gasteiger partial charge is 0.114 e. The van der Waals surface area contributed by atoms with Crippen LogP contribution in [0, 0.1) is 0 Å². The van der Waals surface area contributed by atoms with Gasteiger partial charge in [0, 0.05) is 0 Å². The van der Waals surface area contributed by atoms with Crippen LogP contribution in [-0.4, -0.2) is 21.1 Å². The van der Waals surface area contributed by atoms with Crippen molar-refractivity contribution in [3.05, 3.63) is 12.3 Å². The summed E-state index contributed by atoms with van der Waals surface area (Å²) in [5.41, 5.74) is 0. The van der Waals surface area contributed by atoms with Crippen molar-refractivity contribution in [2.75, 3.05) is 0 Å². The zero-order valence-corrected chi connectivity index (χ0v) is 10.8. The number of ether oxygens (including phenoxy) is 1. The van der Waals surface area contributed by atoms with Gasteiger partial charge in [-0.25, -0.2) is 8.93 Å². The number of rotatable bonds is 3. The van der Waals surface area contributed by atoms with Crippen molar-refractivity contribution in [2.24, 2.45) is 0 Å². The van der Waals surface area contributed by atoms with Crippen LogP contribution in [-0.2, 0) is 15.7 Å². The van der Waals surface area contributed by atoms with E-state index in [-0.39, 0.29) is 16.9 Å². The zero-order valence-electron chi connectivity index (χ0n) is 9.95. The van der Waals surface area contributed by atoms with Crippen LogP contribution in [0.15, 0.2) is 12.3 Å². The molecular weight excluding hydrogens is 210 g/mol. The molecule has 0 unspecified atom stereocenters. The van der Waals surface area contributed by atoms with Gasteiger partial charge in [-0.05, 0) is 46.6 Å². The minimum absolute atomic E-state index is 0.120.